The SMILES string of the molecule is Cc1cc([N+](=O)[O-])ccc1Oc1ccc([N+](=O)[O-])cc1. The summed E-state index contributed by atoms with van der Waals surface area (Å²) in [6.07, 6.45) is 0. The summed E-state index contributed by atoms with van der Waals surface area (Å²) in [4.78, 5) is 20.2. The molecule has 0 unspecified atom stereocenters. The summed E-state index contributed by atoms with van der Waals surface area (Å²) in [7, 11) is 0. The van der Waals surface area contributed by atoms with Gasteiger partial charge in [-0.15, -0.1) is 0 Å². The van der Waals surface area contributed by atoms with Crippen molar-refractivity contribution >= 4 is 11.4 Å². The van der Waals surface area contributed by atoms with E-state index in [2.05, 4.69) is 0 Å². The van der Waals surface area contributed by atoms with Crippen molar-refractivity contribution in [3.8, 4) is 11.5 Å². The van der Waals surface area contributed by atoms with Crippen LogP contribution in [0.4, 0.5) is 11.4 Å². The van der Waals surface area contributed by atoms with Gasteiger partial charge in [0.05, 0.1) is 9.85 Å². The molecule has 0 bridgehead atoms. The van der Waals surface area contributed by atoms with Gasteiger partial charge in [-0.3, -0.25) is 20.2 Å². The summed E-state index contributed by atoms with van der Waals surface area (Å²) in [5, 5.41) is 21.2. The Morgan fingerprint density at radius 2 is 1.45 bits per heavy atom. The summed E-state index contributed by atoms with van der Waals surface area (Å²) in [5.41, 5.74) is 0.564. The van der Waals surface area contributed by atoms with Gasteiger partial charge in [-0.2, -0.15) is 0 Å². The van der Waals surface area contributed by atoms with Crippen molar-refractivity contribution in [2.24, 2.45) is 0 Å². The standard InChI is InChI=1S/C13H10N2O5/c1-9-8-11(15(18)19)4-7-13(9)20-12-5-2-10(3-6-12)14(16)17/h2-8H,1H3. The van der Waals surface area contributed by atoms with Crippen LogP contribution in [0.3, 0.4) is 0 Å². The third-order valence-electron chi connectivity index (χ3n) is 2.64. The number of hydrogen-bond acceptors (Lipinski definition) is 5. The molecule has 20 heavy (non-hydrogen) atoms. The molecule has 7 heteroatoms. The highest BCUT2D eigenvalue weighted by Gasteiger charge is 2.10. The van der Waals surface area contributed by atoms with Gasteiger partial charge < -0.3 is 4.74 Å². The molecule has 2 rings (SSSR count). The largest absolute Gasteiger partial charge is 0.457 e. The number of non-ortho nitro benzene ring substituents is 2. The number of rotatable bonds is 4. The molecule has 0 spiro atoms. The van der Waals surface area contributed by atoms with Crippen LogP contribution >= 0.6 is 0 Å². The first kappa shape index (κ1) is 13.5. The van der Waals surface area contributed by atoms with Gasteiger partial charge in [-0.05, 0) is 30.7 Å². The molecular formula is C13H10N2O5. The van der Waals surface area contributed by atoms with E-state index in [1.165, 1.54) is 42.5 Å². The number of nitro benzene ring substituents is 2. The molecule has 7 nitrogen and oxygen atoms in total. The maximum absolute atomic E-state index is 10.6. The van der Waals surface area contributed by atoms with Crippen LogP contribution in [0.1, 0.15) is 5.56 Å². The number of nitro groups is 2. The Hall–Kier alpha value is -2.96. The van der Waals surface area contributed by atoms with Crippen LogP contribution < -0.4 is 4.74 Å². The number of benzene rings is 2. The molecule has 0 atom stereocenters. The fraction of sp³-hybridized carbons (Fsp3) is 0.0769. The molecule has 0 aliphatic heterocycles. The monoisotopic (exact) mass is 274 g/mol. The summed E-state index contributed by atoms with van der Waals surface area (Å²) in [6, 6.07) is 9.84. The smallest absolute Gasteiger partial charge is 0.269 e. The lowest BCUT2D eigenvalue weighted by Crippen LogP contribution is -1.92. The van der Waals surface area contributed by atoms with Crippen molar-refractivity contribution in [3.63, 3.8) is 0 Å². The van der Waals surface area contributed by atoms with Crippen LogP contribution in [0.15, 0.2) is 42.5 Å². The lowest BCUT2D eigenvalue weighted by molar-refractivity contribution is -0.385. The van der Waals surface area contributed by atoms with Gasteiger partial charge in [-0.25, -0.2) is 0 Å². The second kappa shape index (κ2) is 5.35. The van der Waals surface area contributed by atoms with Gasteiger partial charge in [-0.1, -0.05) is 0 Å². The van der Waals surface area contributed by atoms with E-state index >= 15 is 0 Å². The van der Waals surface area contributed by atoms with Gasteiger partial charge in [0.1, 0.15) is 11.5 Å². The molecule has 102 valence electrons. The average molecular weight is 274 g/mol. The van der Waals surface area contributed by atoms with Gasteiger partial charge in [0.25, 0.3) is 11.4 Å². The highest BCUT2D eigenvalue weighted by molar-refractivity contribution is 5.45. The lowest BCUT2D eigenvalue weighted by Gasteiger charge is -2.08. The van der Waals surface area contributed by atoms with Crippen LogP contribution in [-0.4, -0.2) is 9.85 Å². The third kappa shape index (κ3) is 2.89. The first-order valence-electron chi connectivity index (χ1n) is 5.65. The molecule has 0 aromatic heterocycles. The topological polar surface area (TPSA) is 95.5 Å². The Morgan fingerprint density at radius 3 is 1.95 bits per heavy atom. The zero-order chi connectivity index (χ0) is 14.7. The second-order valence-corrected chi connectivity index (χ2v) is 4.06. The number of hydrogen-bond donors (Lipinski definition) is 0. The summed E-state index contributed by atoms with van der Waals surface area (Å²) < 4.78 is 5.53. The normalized spacial score (nSPS) is 10.1. The molecule has 0 amide bonds. The zero-order valence-electron chi connectivity index (χ0n) is 10.5. The fourth-order valence-corrected chi connectivity index (χ4v) is 1.62. The quantitative estimate of drug-likeness (QED) is 0.626. The molecule has 0 saturated carbocycles. The maximum atomic E-state index is 10.6. The Bertz CT molecular complexity index is 667. The lowest BCUT2D eigenvalue weighted by atomic mass is 10.2. The fourth-order valence-electron chi connectivity index (χ4n) is 1.62. The predicted molar refractivity (Wildman–Crippen MR) is 71.0 cm³/mol. The van der Waals surface area contributed by atoms with Crippen LogP contribution in [0.2, 0.25) is 0 Å². The molecule has 0 N–H and O–H groups in total. The second-order valence-electron chi connectivity index (χ2n) is 4.06. The number of aryl methyl sites for hydroxylation is 1. The zero-order valence-corrected chi connectivity index (χ0v) is 10.5. The molecule has 0 aliphatic rings. The van der Waals surface area contributed by atoms with Gasteiger partial charge in [0, 0.05) is 24.3 Å². The van der Waals surface area contributed by atoms with E-state index in [4.69, 9.17) is 4.74 Å². The van der Waals surface area contributed by atoms with Crippen molar-refractivity contribution in [2.45, 2.75) is 6.92 Å². The first-order valence-corrected chi connectivity index (χ1v) is 5.65. The Labute approximate surface area is 113 Å². The van der Waals surface area contributed by atoms with E-state index < -0.39 is 9.85 Å². The number of ether oxygens (including phenoxy) is 1. The number of nitrogens with zero attached hydrogens (tertiary/aromatic N) is 2. The minimum absolute atomic E-state index is 0.0152. The summed E-state index contributed by atoms with van der Waals surface area (Å²) in [5.74, 6) is 0.886. The van der Waals surface area contributed by atoms with Crippen LogP contribution in [0.5, 0.6) is 11.5 Å². The van der Waals surface area contributed by atoms with Crippen molar-refractivity contribution in [1.29, 1.82) is 0 Å². The predicted octanol–water partition coefficient (Wildman–Crippen LogP) is 3.60. The van der Waals surface area contributed by atoms with E-state index in [9.17, 15) is 20.2 Å². The molecule has 0 saturated heterocycles. The molecule has 0 aliphatic carbocycles. The average Bonchev–Trinajstić information content (AvgIpc) is 2.41. The van der Waals surface area contributed by atoms with Crippen LogP contribution in [0, 0.1) is 27.2 Å². The van der Waals surface area contributed by atoms with Crippen molar-refractivity contribution in [2.75, 3.05) is 0 Å². The Morgan fingerprint density at radius 1 is 0.900 bits per heavy atom. The molecule has 2 aromatic carbocycles. The molecular weight excluding hydrogens is 264 g/mol. The maximum Gasteiger partial charge on any atom is 0.269 e. The van der Waals surface area contributed by atoms with Gasteiger partial charge in [0.15, 0.2) is 0 Å². The minimum Gasteiger partial charge on any atom is -0.457 e. The Balaban J connectivity index is 2.21. The van der Waals surface area contributed by atoms with Gasteiger partial charge >= 0.3 is 0 Å². The highest BCUT2D eigenvalue weighted by Crippen LogP contribution is 2.28. The van der Waals surface area contributed by atoms with Crippen LogP contribution in [0.25, 0.3) is 0 Å². The van der Waals surface area contributed by atoms with Gasteiger partial charge in [0.2, 0.25) is 0 Å². The first-order chi connectivity index (χ1) is 9.47. The molecule has 0 fully saturated rings. The van der Waals surface area contributed by atoms with E-state index in [-0.39, 0.29) is 11.4 Å². The van der Waals surface area contributed by atoms with Crippen LogP contribution in [-0.2, 0) is 0 Å². The molecule has 0 heterocycles. The third-order valence-corrected chi connectivity index (χ3v) is 2.64. The van der Waals surface area contributed by atoms with Crippen molar-refractivity contribution < 1.29 is 14.6 Å². The Kier molecular flexibility index (Phi) is 3.60. The summed E-state index contributed by atoms with van der Waals surface area (Å²) in [6.45, 7) is 1.69. The van der Waals surface area contributed by atoms with Crippen molar-refractivity contribution in [3.05, 3.63) is 68.3 Å². The van der Waals surface area contributed by atoms with E-state index in [0.717, 1.165) is 0 Å². The minimum atomic E-state index is -0.499. The van der Waals surface area contributed by atoms with Crippen molar-refractivity contribution in [1.82, 2.24) is 0 Å². The van der Waals surface area contributed by atoms with E-state index in [1.807, 2.05) is 0 Å². The van der Waals surface area contributed by atoms with E-state index in [0.29, 0.717) is 17.1 Å². The highest BCUT2D eigenvalue weighted by atomic mass is 16.6. The molecule has 2 aromatic rings. The van der Waals surface area contributed by atoms with E-state index in [1.54, 1.807) is 6.92 Å². The molecule has 0 radical (unpaired) electrons. The summed E-state index contributed by atoms with van der Waals surface area (Å²) >= 11 is 0.